The van der Waals surface area contributed by atoms with E-state index in [1.165, 1.54) is 28.0 Å². The minimum atomic E-state index is -0.891. The zero-order chi connectivity index (χ0) is 28.4. The third kappa shape index (κ3) is 5.63. The van der Waals surface area contributed by atoms with Gasteiger partial charge < -0.3 is 9.84 Å². The molecule has 4 aromatic rings. The van der Waals surface area contributed by atoms with Crippen LogP contribution in [-0.2, 0) is 15.3 Å². The van der Waals surface area contributed by atoms with E-state index in [4.69, 9.17) is 16.3 Å². The quantitative estimate of drug-likeness (QED) is 0.0766. The molecule has 0 bridgehead atoms. The maximum atomic E-state index is 13.5. The highest BCUT2D eigenvalue weighted by molar-refractivity contribution is 8.00. The average Bonchev–Trinajstić information content (AvgIpc) is 3.52. The molecule has 0 saturated carbocycles. The molecule has 1 amide bonds. The lowest BCUT2D eigenvalue weighted by atomic mass is 9.93. The fourth-order valence-corrected chi connectivity index (χ4v) is 6.43. The minimum absolute atomic E-state index is 0.00780. The molecule has 3 aromatic carbocycles. The molecule has 1 aromatic heterocycles. The maximum Gasteiger partial charge on any atom is 0.301 e. The van der Waals surface area contributed by atoms with Gasteiger partial charge in [0.15, 0.2) is 4.34 Å². The number of aliphatic hydroxyl groups is 1. The molecule has 40 heavy (non-hydrogen) atoms. The number of hydrogen-bond donors (Lipinski definition) is 1. The summed E-state index contributed by atoms with van der Waals surface area (Å²) >= 11 is 8.68. The molecule has 2 heterocycles. The second-order valence-corrected chi connectivity index (χ2v) is 11.9. The zero-order valence-electron chi connectivity index (χ0n) is 22.1. The molecule has 10 heteroatoms. The molecule has 1 aliphatic rings. The largest absolute Gasteiger partial charge is 0.507 e. The van der Waals surface area contributed by atoms with Crippen LogP contribution in [0.5, 0.6) is 5.75 Å². The SMILES string of the molecule is CCOc1ccc(C2C(=C(O)c3cc(C)ccc3C)C(=O)C(=O)N2c2nnc(SCc3ccc(Cl)cc3)s2)cc1. The minimum Gasteiger partial charge on any atom is -0.507 e. The normalized spacial score (nSPS) is 16.5. The Kier molecular flexibility index (Phi) is 8.25. The molecule has 1 unspecified atom stereocenters. The number of aryl methyl sites for hydroxylation is 2. The molecule has 0 aliphatic carbocycles. The summed E-state index contributed by atoms with van der Waals surface area (Å²) in [6.45, 7) is 6.16. The smallest absolute Gasteiger partial charge is 0.301 e. The first-order chi connectivity index (χ1) is 19.3. The van der Waals surface area contributed by atoms with Crippen LogP contribution in [0.1, 0.15) is 40.8 Å². The van der Waals surface area contributed by atoms with Gasteiger partial charge in [0.25, 0.3) is 5.78 Å². The van der Waals surface area contributed by atoms with Crippen LogP contribution in [0.25, 0.3) is 5.76 Å². The van der Waals surface area contributed by atoms with Crippen molar-refractivity contribution in [3.8, 4) is 5.75 Å². The van der Waals surface area contributed by atoms with Crippen LogP contribution in [0, 0.1) is 13.8 Å². The molecule has 1 fully saturated rings. The predicted molar refractivity (Wildman–Crippen MR) is 159 cm³/mol. The van der Waals surface area contributed by atoms with Gasteiger partial charge in [-0.25, -0.2) is 0 Å². The maximum absolute atomic E-state index is 13.5. The van der Waals surface area contributed by atoms with Gasteiger partial charge in [-0.2, -0.15) is 0 Å². The number of aromatic nitrogens is 2. The number of nitrogens with zero attached hydrogens (tertiary/aromatic N) is 3. The molecular weight excluding hydrogens is 566 g/mol. The Bertz CT molecular complexity index is 1600. The van der Waals surface area contributed by atoms with Gasteiger partial charge in [-0.3, -0.25) is 14.5 Å². The number of rotatable bonds is 8. The summed E-state index contributed by atoms with van der Waals surface area (Å²) in [5.41, 5.74) is 3.93. The Morgan fingerprint density at radius 2 is 1.77 bits per heavy atom. The van der Waals surface area contributed by atoms with Gasteiger partial charge in [-0.1, -0.05) is 76.7 Å². The van der Waals surface area contributed by atoms with Crippen LogP contribution in [0.3, 0.4) is 0 Å². The number of hydrogen-bond acceptors (Lipinski definition) is 8. The van der Waals surface area contributed by atoms with Crippen molar-refractivity contribution in [2.75, 3.05) is 11.5 Å². The Labute approximate surface area is 245 Å². The molecule has 1 saturated heterocycles. The van der Waals surface area contributed by atoms with Crippen LogP contribution < -0.4 is 9.64 Å². The van der Waals surface area contributed by atoms with Crippen molar-refractivity contribution in [2.45, 2.75) is 36.9 Å². The second kappa shape index (κ2) is 11.8. The topological polar surface area (TPSA) is 92.6 Å². The summed E-state index contributed by atoms with van der Waals surface area (Å²) in [5.74, 6) is -0.462. The lowest BCUT2D eigenvalue weighted by molar-refractivity contribution is -0.132. The van der Waals surface area contributed by atoms with E-state index < -0.39 is 17.7 Å². The summed E-state index contributed by atoms with van der Waals surface area (Å²) in [7, 11) is 0. The Morgan fingerprint density at radius 1 is 1.05 bits per heavy atom. The molecule has 0 spiro atoms. The van der Waals surface area contributed by atoms with Crippen molar-refractivity contribution >= 4 is 57.3 Å². The predicted octanol–water partition coefficient (Wildman–Crippen LogP) is 7.13. The Morgan fingerprint density at radius 3 is 2.48 bits per heavy atom. The van der Waals surface area contributed by atoms with Crippen molar-refractivity contribution in [3.05, 3.63) is 105 Å². The van der Waals surface area contributed by atoms with Crippen molar-refractivity contribution in [3.63, 3.8) is 0 Å². The Hall–Kier alpha value is -3.66. The first-order valence-electron chi connectivity index (χ1n) is 12.6. The number of carbonyl (C=O) groups is 2. The third-order valence-corrected chi connectivity index (χ3v) is 8.86. The molecule has 7 nitrogen and oxygen atoms in total. The second-order valence-electron chi connectivity index (χ2n) is 9.26. The fourth-order valence-electron chi connectivity index (χ4n) is 4.48. The molecule has 0 radical (unpaired) electrons. The monoisotopic (exact) mass is 591 g/mol. The highest BCUT2D eigenvalue weighted by atomic mass is 35.5. The van der Waals surface area contributed by atoms with E-state index in [9.17, 15) is 14.7 Å². The van der Waals surface area contributed by atoms with Gasteiger partial charge in [-0.15, -0.1) is 10.2 Å². The van der Waals surface area contributed by atoms with Crippen LogP contribution in [0.2, 0.25) is 5.02 Å². The lowest BCUT2D eigenvalue weighted by Crippen LogP contribution is -2.29. The third-order valence-electron chi connectivity index (χ3n) is 6.48. The number of anilines is 1. The molecule has 1 atom stereocenters. The standard InChI is InChI=1S/C30H26ClN3O4S2/c1-4-38-22-13-9-20(10-14-22)25-24(26(35)23-15-17(2)5-6-18(23)3)27(36)28(37)34(25)29-32-33-30(40-29)39-16-19-7-11-21(31)12-8-19/h5-15,25,35H,4,16H2,1-3H3. The molecule has 1 aliphatic heterocycles. The van der Waals surface area contributed by atoms with E-state index in [1.54, 1.807) is 24.3 Å². The number of benzene rings is 3. The summed E-state index contributed by atoms with van der Waals surface area (Å²) < 4.78 is 6.23. The van der Waals surface area contributed by atoms with Gasteiger partial charge in [-0.05, 0) is 67.8 Å². The number of thioether (sulfide) groups is 1. The first-order valence-corrected chi connectivity index (χ1v) is 14.8. The van der Waals surface area contributed by atoms with Crippen LogP contribution >= 0.6 is 34.7 Å². The molecule has 204 valence electrons. The van der Waals surface area contributed by atoms with Crippen molar-refractivity contribution in [2.24, 2.45) is 0 Å². The van der Waals surface area contributed by atoms with Gasteiger partial charge in [0.1, 0.15) is 11.5 Å². The highest BCUT2D eigenvalue weighted by Crippen LogP contribution is 2.44. The van der Waals surface area contributed by atoms with E-state index in [2.05, 4.69) is 10.2 Å². The first kappa shape index (κ1) is 27.9. The van der Waals surface area contributed by atoms with Crippen LogP contribution in [0.4, 0.5) is 5.13 Å². The fraction of sp³-hybridized carbons (Fsp3) is 0.200. The number of carbonyl (C=O) groups excluding carboxylic acids is 2. The van der Waals surface area contributed by atoms with E-state index in [0.717, 1.165) is 16.7 Å². The number of amides is 1. The van der Waals surface area contributed by atoms with E-state index in [-0.39, 0.29) is 16.5 Å². The molecule has 5 rings (SSSR count). The number of aliphatic hydroxyl groups excluding tert-OH is 1. The van der Waals surface area contributed by atoms with Gasteiger partial charge in [0.05, 0.1) is 18.2 Å². The van der Waals surface area contributed by atoms with Crippen LogP contribution in [-0.4, -0.2) is 33.6 Å². The number of Topliss-reactive ketones (excluding diaryl/α,β-unsaturated/α-hetero) is 1. The van der Waals surface area contributed by atoms with Crippen LogP contribution in [0.15, 0.2) is 76.6 Å². The van der Waals surface area contributed by atoms with Crippen molar-refractivity contribution in [1.82, 2.24) is 10.2 Å². The highest BCUT2D eigenvalue weighted by Gasteiger charge is 2.48. The number of halogens is 1. The molecular formula is C30H26ClN3O4S2. The lowest BCUT2D eigenvalue weighted by Gasteiger charge is -2.23. The molecule has 1 N–H and O–H groups in total. The number of ether oxygens (including phenoxy) is 1. The van der Waals surface area contributed by atoms with Gasteiger partial charge in [0, 0.05) is 16.3 Å². The van der Waals surface area contributed by atoms with Gasteiger partial charge >= 0.3 is 5.91 Å². The van der Waals surface area contributed by atoms with E-state index in [1.807, 2.05) is 63.2 Å². The van der Waals surface area contributed by atoms with Crippen molar-refractivity contribution in [1.29, 1.82) is 0 Å². The van der Waals surface area contributed by atoms with E-state index in [0.29, 0.717) is 38.6 Å². The van der Waals surface area contributed by atoms with Crippen molar-refractivity contribution < 1.29 is 19.4 Å². The summed E-state index contributed by atoms with van der Waals surface area (Å²) in [5, 5.41) is 21.0. The summed E-state index contributed by atoms with van der Waals surface area (Å²) in [6, 6.07) is 19.4. The van der Waals surface area contributed by atoms with Gasteiger partial charge in [0.2, 0.25) is 5.13 Å². The Balaban J connectivity index is 1.55. The summed E-state index contributed by atoms with van der Waals surface area (Å²) in [4.78, 5) is 28.3. The summed E-state index contributed by atoms with van der Waals surface area (Å²) in [6.07, 6.45) is 0. The van der Waals surface area contributed by atoms with E-state index >= 15 is 0 Å². The number of ketones is 1. The zero-order valence-corrected chi connectivity index (χ0v) is 24.4. The average molecular weight is 592 g/mol.